The van der Waals surface area contributed by atoms with Gasteiger partial charge in [0.15, 0.2) is 0 Å². The van der Waals surface area contributed by atoms with Gasteiger partial charge in [-0.3, -0.25) is 0 Å². The molecule has 0 unspecified atom stereocenters. The number of aryl methyl sites for hydroxylation is 1. The number of benzene rings is 2. The van der Waals surface area contributed by atoms with Crippen molar-refractivity contribution in [3.8, 4) is 11.5 Å². The summed E-state index contributed by atoms with van der Waals surface area (Å²) in [5.41, 5.74) is 2.13. The third-order valence-electron chi connectivity index (χ3n) is 2.97. The lowest BCUT2D eigenvalue weighted by atomic mass is 10.1. The number of rotatable bonds is 5. The Labute approximate surface area is 108 Å². The van der Waals surface area contributed by atoms with Crippen molar-refractivity contribution in [2.24, 2.45) is 0 Å². The van der Waals surface area contributed by atoms with Gasteiger partial charge in [0.25, 0.3) is 0 Å². The molecule has 0 saturated carbocycles. The van der Waals surface area contributed by atoms with Crippen LogP contribution in [0.1, 0.15) is 17.5 Å². The van der Waals surface area contributed by atoms with Crippen molar-refractivity contribution >= 4 is 0 Å². The molecule has 0 aliphatic rings. The molecule has 2 rings (SSSR count). The van der Waals surface area contributed by atoms with Gasteiger partial charge < -0.3 is 9.84 Å². The molecule has 0 saturated heterocycles. The Bertz CT molecular complexity index is 492. The molecule has 0 atom stereocenters. The second-order valence-electron chi connectivity index (χ2n) is 4.34. The maximum absolute atomic E-state index is 9.55. The lowest BCUT2D eigenvalue weighted by Gasteiger charge is -2.09. The fraction of sp³-hybridized carbons (Fsp3) is 0.250. The zero-order valence-corrected chi connectivity index (χ0v) is 10.6. The number of ether oxygens (including phenoxy) is 1. The highest BCUT2D eigenvalue weighted by Gasteiger charge is 2.03. The van der Waals surface area contributed by atoms with Gasteiger partial charge in [-0.2, -0.15) is 0 Å². The van der Waals surface area contributed by atoms with Gasteiger partial charge in [-0.15, -0.1) is 0 Å². The predicted octanol–water partition coefficient (Wildman–Crippen LogP) is 3.71. The third kappa shape index (κ3) is 3.27. The Kier molecular flexibility index (Phi) is 4.24. The molecule has 2 aromatic carbocycles. The zero-order valence-electron chi connectivity index (χ0n) is 10.6. The molecule has 18 heavy (non-hydrogen) atoms. The Morgan fingerprint density at radius 2 is 1.78 bits per heavy atom. The minimum atomic E-state index is 0.288. The van der Waals surface area contributed by atoms with Crippen LogP contribution in [0.25, 0.3) is 0 Å². The SMILES string of the molecule is Cc1c(O)cccc1OCCCc1ccccc1. The summed E-state index contributed by atoms with van der Waals surface area (Å²) in [6, 6.07) is 15.7. The average Bonchev–Trinajstić information content (AvgIpc) is 2.40. The summed E-state index contributed by atoms with van der Waals surface area (Å²) in [4.78, 5) is 0. The number of hydrogen-bond acceptors (Lipinski definition) is 2. The predicted molar refractivity (Wildman–Crippen MR) is 73.1 cm³/mol. The summed E-state index contributed by atoms with van der Waals surface area (Å²) in [5.74, 6) is 1.05. The van der Waals surface area contributed by atoms with Crippen LogP contribution in [0.2, 0.25) is 0 Å². The van der Waals surface area contributed by atoms with Crippen LogP contribution < -0.4 is 4.74 Å². The summed E-state index contributed by atoms with van der Waals surface area (Å²) >= 11 is 0. The quantitative estimate of drug-likeness (QED) is 0.810. The van der Waals surface area contributed by atoms with Gasteiger partial charge in [0.1, 0.15) is 11.5 Å². The minimum absolute atomic E-state index is 0.288. The van der Waals surface area contributed by atoms with Crippen molar-refractivity contribution in [2.75, 3.05) is 6.61 Å². The largest absolute Gasteiger partial charge is 0.508 e. The smallest absolute Gasteiger partial charge is 0.125 e. The van der Waals surface area contributed by atoms with Gasteiger partial charge in [-0.05, 0) is 37.5 Å². The molecule has 94 valence electrons. The van der Waals surface area contributed by atoms with Crippen LogP contribution in [0.5, 0.6) is 11.5 Å². The molecule has 1 N–H and O–H groups in total. The molecule has 2 nitrogen and oxygen atoms in total. The summed E-state index contributed by atoms with van der Waals surface area (Å²) < 4.78 is 5.68. The van der Waals surface area contributed by atoms with E-state index >= 15 is 0 Å². The van der Waals surface area contributed by atoms with Crippen LogP contribution in [0.3, 0.4) is 0 Å². The third-order valence-corrected chi connectivity index (χ3v) is 2.97. The number of hydrogen-bond donors (Lipinski definition) is 1. The van der Waals surface area contributed by atoms with E-state index in [4.69, 9.17) is 4.74 Å². The summed E-state index contributed by atoms with van der Waals surface area (Å²) in [6.45, 7) is 2.53. The van der Waals surface area contributed by atoms with Gasteiger partial charge in [-0.25, -0.2) is 0 Å². The van der Waals surface area contributed by atoms with E-state index in [1.54, 1.807) is 12.1 Å². The van der Waals surface area contributed by atoms with E-state index in [1.807, 2.05) is 19.1 Å². The van der Waals surface area contributed by atoms with Crippen molar-refractivity contribution in [3.05, 3.63) is 59.7 Å². The van der Waals surface area contributed by atoms with Crippen molar-refractivity contribution < 1.29 is 9.84 Å². The van der Waals surface area contributed by atoms with E-state index < -0.39 is 0 Å². The van der Waals surface area contributed by atoms with Crippen LogP contribution in [0.15, 0.2) is 48.5 Å². The van der Waals surface area contributed by atoms with E-state index in [0.29, 0.717) is 6.61 Å². The monoisotopic (exact) mass is 242 g/mol. The standard InChI is InChI=1S/C16H18O2/c1-13-15(17)10-5-11-16(13)18-12-6-9-14-7-3-2-4-8-14/h2-5,7-8,10-11,17H,6,9,12H2,1H3. The maximum Gasteiger partial charge on any atom is 0.125 e. The maximum atomic E-state index is 9.55. The van der Waals surface area contributed by atoms with Gasteiger partial charge in [0.05, 0.1) is 6.61 Å². The van der Waals surface area contributed by atoms with Crippen LogP contribution in [0, 0.1) is 6.92 Å². The first-order chi connectivity index (χ1) is 8.77. The molecule has 2 heteroatoms. The fourth-order valence-corrected chi connectivity index (χ4v) is 1.86. The van der Waals surface area contributed by atoms with E-state index in [0.717, 1.165) is 24.2 Å². The van der Waals surface area contributed by atoms with Crippen molar-refractivity contribution in [1.82, 2.24) is 0 Å². The van der Waals surface area contributed by atoms with E-state index in [2.05, 4.69) is 24.3 Å². The van der Waals surface area contributed by atoms with E-state index in [-0.39, 0.29) is 5.75 Å². The first-order valence-corrected chi connectivity index (χ1v) is 6.22. The highest BCUT2D eigenvalue weighted by Crippen LogP contribution is 2.26. The Morgan fingerprint density at radius 3 is 2.56 bits per heavy atom. The number of aromatic hydroxyl groups is 1. The molecule has 0 spiro atoms. The van der Waals surface area contributed by atoms with Gasteiger partial charge in [-0.1, -0.05) is 36.4 Å². The molecule has 0 aliphatic heterocycles. The van der Waals surface area contributed by atoms with E-state index in [9.17, 15) is 5.11 Å². The number of phenolic OH excluding ortho intramolecular Hbond substituents is 1. The van der Waals surface area contributed by atoms with Crippen molar-refractivity contribution in [2.45, 2.75) is 19.8 Å². The Hall–Kier alpha value is -1.96. The molecule has 2 aromatic rings. The first-order valence-electron chi connectivity index (χ1n) is 6.22. The van der Waals surface area contributed by atoms with E-state index in [1.165, 1.54) is 5.56 Å². The molecular weight excluding hydrogens is 224 g/mol. The fourth-order valence-electron chi connectivity index (χ4n) is 1.86. The van der Waals surface area contributed by atoms with Gasteiger partial charge in [0, 0.05) is 5.56 Å². The average molecular weight is 242 g/mol. The molecule has 0 radical (unpaired) electrons. The molecule has 0 aliphatic carbocycles. The lowest BCUT2D eigenvalue weighted by Crippen LogP contribution is -2.00. The summed E-state index contributed by atoms with van der Waals surface area (Å²) in [5, 5.41) is 9.55. The molecule has 0 bridgehead atoms. The highest BCUT2D eigenvalue weighted by atomic mass is 16.5. The van der Waals surface area contributed by atoms with Crippen LogP contribution >= 0.6 is 0 Å². The zero-order chi connectivity index (χ0) is 12.8. The van der Waals surface area contributed by atoms with Crippen molar-refractivity contribution in [3.63, 3.8) is 0 Å². The van der Waals surface area contributed by atoms with Gasteiger partial charge >= 0.3 is 0 Å². The topological polar surface area (TPSA) is 29.5 Å². The van der Waals surface area contributed by atoms with Gasteiger partial charge in [0.2, 0.25) is 0 Å². The van der Waals surface area contributed by atoms with Crippen LogP contribution in [0.4, 0.5) is 0 Å². The molecule has 0 aromatic heterocycles. The molecule has 0 heterocycles. The van der Waals surface area contributed by atoms with Crippen molar-refractivity contribution in [1.29, 1.82) is 0 Å². The van der Waals surface area contributed by atoms with Crippen LogP contribution in [-0.2, 0) is 6.42 Å². The Balaban J connectivity index is 1.81. The summed E-state index contributed by atoms with van der Waals surface area (Å²) in [6.07, 6.45) is 1.98. The molecule has 0 amide bonds. The molecular formula is C16H18O2. The second-order valence-corrected chi connectivity index (χ2v) is 4.34. The summed E-state index contributed by atoms with van der Waals surface area (Å²) in [7, 11) is 0. The first kappa shape index (κ1) is 12.5. The van der Waals surface area contributed by atoms with Crippen LogP contribution in [-0.4, -0.2) is 11.7 Å². The normalized spacial score (nSPS) is 10.3. The lowest BCUT2D eigenvalue weighted by molar-refractivity contribution is 0.307. The highest BCUT2D eigenvalue weighted by molar-refractivity contribution is 5.42. The minimum Gasteiger partial charge on any atom is -0.508 e. The second kappa shape index (κ2) is 6.10. The Morgan fingerprint density at radius 1 is 1.00 bits per heavy atom. The molecule has 0 fully saturated rings. The number of phenols is 1.